The lowest BCUT2D eigenvalue weighted by molar-refractivity contribution is -0.113. The van der Waals surface area contributed by atoms with Crippen LogP contribution in [0, 0.1) is 0 Å². The van der Waals surface area contributed by atoms with Crippen molar-refractivity contribution in [2.45, 2.75) is 11.8 Å². The van der Waals surface area contributed by atoms with Crippen molar-refractivity contribution in [3.8, 4) is 5.75 Å². The number of carbonyl (C=O) groups excluding carboxylic acids is 2. The maximum absolute atomic E-state index is 12.6. The quantitative estimate of drug-likeness (QED) is 0.355. The fourth-order valence-electron chi connectivity index (χ4n) is 2.95. The Morgan fingerprint density at radius 2 is 1.59 bits per heavy atom. The molecule has 4 aromatic rings. The average Bonchev–Trinajstić information content (AvgIpc) is 3.28. The molecule has 0 aliphatic carbocycles. The number of thioether (sulfide) groups is 1. The number of hydrogen-bond acceptors (Lipinski definition) is 7. The summed E-state index contributed by atoms with van der Waals surface area (Å²) in [6.45, 7) is 0.478. The van der Waals surface area contributed by atoms with E-state index in [0.717, 1.165) is 11.3 Å². The molecule has 172 valence electrons. The van der Waals surface area contributed by atoms with Gasteiger partial charge in [-0.1, -0.05) is 42.1 Å². The third-order valence-corrected chi connectivity index (χ3v) is 5.72. The van der Waals surface area contributed by atoms with Crippen molar-refractivity contribution in [3.05, 3.63) is 90.0 Å². The number of hydrogen-bond donors (Lipinski definition) is 2. The number of nitrogens with one attached hydrogen (secondary N) is 2. The van der Waals surface area contributed by atoms with Crippen LogP contribution in [0.1, 0.15) is 15.9 Å². The molecule has 2 amide bonds. The van der Waals surface area contributed by atoms with Crippen LogP contribution in [0.2, 0.25) is 0 Å². The molecule has 0 radical (unpaired) electrons. The molecule has 0 fully saturated rings. The average molecular weight is 475 g/mol. The molecule has 0 aliphatic heterocycles. The van der Waals surface area contributed by atoms with Crippen LogP contribution in [0.4, 0.5) is 11.4 Å². The van der Waals surface area contributed by atoms with Crippen molar-refractivity contribution >= 4 is 35.0 Å². The van der Waals surface area contributed by atoms with Gasteiger partial charge in [0.1, 0.15) is 12.4 Å². The van der Waals surface area contributed by atoms with Gasteiger partial charge in [0.2, 0.25) is 11.1 Å². The van der Waals surface area contributed by atoms with Gasteiger partial charge in [-0.2, -0.15) is 0 Å². The molecule has 34 heavy (non-hydrogen) atoms. The lowest BCUT2D eigenvalue weighted by atomic mass is 10.2. The van der Waals surface area contributed by atoms with E-state index < -0.39 is 0 Å². The van der Waals surface area contributed by atoms with Crippen LogP contribution < -0.4 is 15.4 Å². The molecule has 0 saturated heterocycles. The fourth-order valence-corrected chi connectivity index (χ4v) is 3.60. The van der Waals surface area contributed by atoms with E-state index in [1.807, 2.05) is 42.5 Å². The molecule has 0 aliphatic rings. The van der Waals surface area contributed by atoms with Gasteiger partial charge in [0.25, 0.3) is 5.91 Å². The predicted molar refractivity (Wildman–Crippen MR) is 130 cm³/mol. The number of tetrazole rings is 1. The highest BCUT2D eigenvalue weighted by atomic mass is 32.2. The van der Waals surface area contributed by atoms with Gasteiger partial charge in [-0.15, -0.1) is 5.10 Å². The summed E-state index contributed by atoms with van der Waals surface area (Å²) in [6.07, 6.45) is 0. The Kier molecular flexibility index (Phi) is 7.51. The normalized spacial score (nSPS) is 10.5. The standard InChI is InChI=1S/C24H22N6O3S/c1-30-24(27-28-29-30)34-16-22(31)25-19-9-7-18(8-10-19)23(32)26-20-11-13-21(14-12-20)33-15-17-5-3-2-4-6-17/h2-14H,15-16H2,1H3,(H,25,31)(H,26,32). The first-order valence-corrected chi connectivity index (χ1v) is 11.4. The summed E-state index contributed by atoms with van der Waals surface area (Å²) in [5.74, 6) is 0.443. The first kappa shape index (κ1) is 23.0. The zero-order valence-corrected chi connectivity index (χ0v) is 19.2. The Bertz CT molecular complexity index is 1240. The van der Waals surface area contributed by atoms with E-state index in [-0.39, 0.29) is 17.6 Å². The second-order valence-corrected chi connectivity index (χ2v) is 8.19. The minimum Gasteiger partial charge on any atom is -0.489 e. The first-order chi connectivity index (χ1) is 16.6. The van der Waals surface area contributed by atoms with Gasteiger partial charge < -0.3 is 15.4 Å². The van der Waals surface area contributed by atoms with Crippen molar-refractivity contribution in [3.63, 3.8) is 0 Å². The van der Waals surface area contributed by atoms with Crippen molar-refractivity contribution in [1.29, 1.82) is 0 Å². The summed E-state index contributed by atoms with van der Waals surface area (Å²) >= 11 is 1.23. The zero-order chi connectivity index (χ0) is 23.8. The number of benzene rings is 3. The maximum atomic E-state index is 12.6. The molecule has 0 spiro atoms. The minimum absolute atomic E-state index is 0.168. The molecule has 1 heterocycles. The van der Waals surface area contributed by atoms with Crippen LogP contribution in [-0.4, -0.2) is 37.8 Å². The summed E-state index contributed by atoms with van der Waals surface area (Å²) in [4.78, 5) is 24.7. The third-order valence-electron chi connectivity index (χ3n) is 4.70. The maximum Gasteiger partial charge on any atom is 0.255 e. The summed E-state index contributed by atoms with van der Waals surface area (Å²) in [6, 6.07) is 23.8. The molecule has 4 rings (SSSR count). The Balaban J connectivity index is 1.25. The van der Waals surface area contributed by atoms with Crippen molar-refractivity contribution in [2.75, 3.05) is 16.4 Å². The zero-order valence-electron chi connectivity index (χ0n) is 18.3. The molecular formula is C24H22N6O3S. The fraction of sp³-hybridized carbons (Fsp3) is 0.125. The van der Waals surface area contributed by atoms with Gasteiger partial charge in [-0.05, 0) is 64.5 Å². The molecule has 1 aromatic heterocycles. The van der Waals surface area contributed by atoms with Crippen LogP contribution in [0.3, 0.4) is 0 Å². The smallest absolute Gasteiger partial charge is 0.255 e. The molecule has 0 unspecified atom stereocenters. The highest BCUT2D eigenvalue weighted by Gasteiger charge is 2.10. The Hall–Kier alpha value is -4.18. The van der Waals surface area contributed by atoms with Crippen molar-refractivity contribution in [1.82, 2.24) is 20.2 Å². The monoisotopic (exact) mass is 474 g/mol. The van der Waals surface area contributed by atoms with Crippen LogP contribution >= 0.6 is 11.8 Å². The van der Waals surface area contributed by atoms with Crippen LogP contribution in [-0.2, 0) is 18.4 Å². The number of ether oxygens (including phenoxy) is 1. The van der Waals surface area contributed by atoms with E-state index in [1.54, 1.807) is 43.4 Å². The van der Waals surface area contributed by atoms with E-state index in [0.29, 0.717) is 28.7 Å². The van der Waals surface area contributed by atoms with Gasteiger partial charge in [0, 0.05) is 24.0 Å². The summed E-state index contributed by atoms with van der Waals surface area (Å²) in [7, 11) is 1.71. The van der Waals surface area contributed by atoms with Gasteiger partial charge >= 0.3 is 0 Å². The Labute approximate surface area is 200 Å². The molecule has 10 heteroatoms. The first-order valence-electron chi connectivity index (χ1n) is 10.4. The highest BCUT2D eigenvalue weighted by molar-refractivity contribution is 7.99. The molecule has 0 saturated carbocycles. The topological polar surface area (TPSA) is 111 Å². The number of nitrogens with zero attached hydrogens (tertiary/aromatic N) is 4. The number of aromatic nitrogens is 4. The number of carbonyl (C=O) groups is 2. The van der Waals surface area contributed by atoms with Gasteiger partial charge in [-0.25, -0.2) is 4.68 Å². The molecule has 0 atom stereocenters. The SMILES string of the molecule is Cn1nnnc1SCC(=O)Nc1ccc(C(=O)Nc2ccc(OCc3ccccc3)cc2)cc1. The van der Waals surface area contributed by atoms with E-state index in [9.17, 15) is 9.59 Å². The van der Waals surface area contributed by atoms with Crippen molar-refractivity contribution < 1.29 is 14.3 Å². The number of amides is 2. The molecule has 3 aromatic carbocycles. The molecule has 0 bridgehead atoms. The largest absolute Gasteiger partial charge is 0.489 e. The predicted octanol–water partition coefficient (Wildman–Crippen LogP) is 3.77. The van der Waals surface area contributed by atoms with E-state index in [1.165, 1.54) is 16.4 Å². The van der Waals surface area contributed by atoms with Crippen LogP contribution in [0.25, 0.3) is 0 Å². The van der Waals surface area contributed by atoms with E-state index in [2.05, 4.69) is 26.2 Å². The van der Waals surface area contributed by atoms with Gasteiger partial charge in [0.15, 0.2) is 0 Å². The Morgan fingerprint density at radius 3 is 2.26 bits per heavy atom. The van der Waals surface area contributed by atoms with Crippen LogP contribution in [0.15, 0.2) is 84.0 Å². The summed E-state index contributed by atoms with van der Waals surface area (Å²) < 4.78 is 7.26. The summed E-state index contributed by atoms with van der Waals surface area (Å²) in [5, 5.41) is 17.3. The van der Waals surface area contributed by atoms with Gasteiger partial charge in [0.05, 0.1) is 5.75 Å². The number of rotatable bonds is 9. The van der Waals surface area contributed by atoms with Crippen molar-refractivity contribution in [2.24, 2.45) is 7.05 Å². The van der Waals surface area contributed by atoms with Crippen LogP contribution in [0.5, 0.6) is 5.75 Å². The van der Waals surface area contributed by atoms with E-state index >= 15 is 0 Å². The number of aryl methyl sites for hydroxylation is 1. The lowest BCUT2D eigenvalue weighted by Crippen LogP contribution is -2.15. The lowest BCUT2D eigenvalue weighted by Gasteiger charge is -2.09. The molecular weight excluding hydrogens is 452 g/mol. The minimum atomic E-state index is -0.249. The Morgan fingerprint density at radius 1 is 0.912 bits per heavy atom. The molecule has 9 nitrogen and oxygen atoms in total. The molecule has 2 N–H and O–H groups in total. The highest BCUT2D eigenvalue weighted by Crippen LogP contribution is 2.19. The second-order valence-electron chi connectivity index (χ2n) is 7.25. The summed E-state index contributed by atoms with van der Waals surface area (Å²) in [5.41, 5.74) is 2.81. The third kappa shape index (κ3) is 6.42. The van der Waals surface area contributed by atoms with E-state index in [4.69, 9.17) is 4.74 Å². The second kappa shape index (κ2) is 11.1. The number of anilines is 2. The van der Waals surface area contributed by atoms with Gasteiger partial charge in [-0.3, -0.25) is 9.59 Å².